The number of carbonyl (C=O) groups is 1. The Morgan fingerprint density at radius 2 is 1.59 bits per heavy atom. The fourth-order valence-corrected chi connectivity index (χ4v) is 2.55. The van der Waals surface area contributed by atoms with Crippen LogP contribution in [0.15, 0.2) is 59.1 Å². The van der Waals surface area contributed by atoms with Gasteiger partial charge in [-0.1, -0.05) is 65.1 Å². The van der Waals surface area contributed by atoms with Gasteiger partial charge in [0, 0.05) is 10.2 Å². The molecule has 1 atom stereocenters. The van der Waals surface area contributed by atoms with Gasteiger partial charge in [-0.3, -0.25) is 4.79 Å². The first-order chi connectivity index (χ1) is 10.4. The summed E-state index contributed by atoms with van der Waals surface area (Å²) in [7, 11) is 0. The highest BCUT2D eigenvalue weighted by atomic mass is 79.9. The van der Waals surface area contributed by atoms with Gasteiger partial charge >= 0.3 is 0 Å². The van der Waals surface area contributed by atoms with Crippen LogP contribution in [0.3, 0.4) is 0 Å². The Balaban J connectivity index is 2.17. The van der Waals surface area contributed by atoms with Crippen molar-refractivity contribution >= 4 is 62.3 Å². The van der Waals surface area contributed by atoms with E-state index < -0.39 is 9.96 Å². The van der Waals surface area contributed by atoms with E-state index in [0.717, 1.165) is 5.69 Å². The summed E-state index contributed by atoms with van der Waals surface area (Å²) in [4.78, 5) is 12.4. The molecule has 0 aromatic heterocycles. The summed E-state index contributed by atoms with van der Waals surface area (Å²) in [5.41, 5.74) is 1.18. The molecular weight excluding hydrogens is 410 g/mol. The van der Waals surface area contributed by atoms with E-state index in [-0.39, 0.29) is 5.91 Å². The second-order valence-electron chi connectivity index (χ2n) is 4.44. The zero-order chi connectivity index (χ0) is 16.2. The molecule has 0 fully saturated rings. The molecule has 0 saturated carbocycles. The van der Waals surface area contributed by atoms with Crippen molar-refractivity contribution in [2.24, 2.45) is 0 Å². The maximum atomic E-state index is 12.4. The Kier molecular flexibility index (Phi) is 5.98. The first kappa shape index (κ1) is 17.4. The molecule has 0 heterocycles. The number of halogens is 4. The zero-order valence-corrected chi connectivity index (χ0v) is 15.0. The topological polar surface area (TPSA) is 41.1 Å². The van der Waals surface area contributed by atoms with Gasteiger partial charge in [0.25, 0.3) is 5.91 Å². The van der Waals surface area contributed by atoms with Crippen molar-refractivity contribution in [3.63, 3.8) is 0 Å². The summed E-state index contributed by atoms with van der Waals surface area (Å²) < 4.78 is -1.05. The molecule has 0 bridgehead atoms. The van der Waals surface area contributed by atoms with Crippen molar-refractivity contribution in [2.45, 2.75) is 9.96 Å². The first-order valence-electron chi connectivity index (χ1n) is 6.31. The number of hydrogen-bond acceptors (Lipinski definition) is 2. The molecule has 2 aromatic carbocycles. The first-order valence-corrected chi connectivity index (χ1v) is 8.24. The van der Waals surface area contributed by atoms with Crippen LogP contribution in [-0.2, 0) is 0 Å². The SMILES string of the molecule is O=C(NC(Nc1ccccc1)C(Cl)(Cl)Cl)c1ccccc1Br. The van der Waals surface area contributed by atoms with Gasteiger partial charge in [0.05, 0.1) is 5.56 Å². The lowest BCUT2D eigenvalue weighted by molar-refractivity contribution is 0.0941. The summed E-state index contributed by atoms with van der Waals surface area (Å²) >= 11 is 21.2. The van der Waals surface area contributed by atoms with Gasteiger partial charge in [-0.05, 0) is 40.2 Å². The number of amides is 1. The van der Waals surface area contributed by atoms with Crippen LogP contribution in [0.4, 0.5) is 5.69 Å². The number of alkyl halides is 3. The lowest BCUT2D eigenvalue weighted by atomic mass is 10.2. The fraction of sp³-hybridized carbons (Fsp3) is 0.133. The van der Waals surface area contributed by atoms with Crippen molar-refractivity contribution in [1.82, 2.24) is 5.32 Å². The van der Waals surface area contributed by atoms with Gasteiger partial charge < -0.3 is 10.6 Å². The number of anilines is 1. The quantitative estimate of drug-likeness (QED) is 0.539. The Hall–Kier alpha value is -0.940. The minimum absolute atomic E-state index is 0.354. The summed E-state index contributed by atoms with van der Waals surface area (Å²) in [5, 5.41) is 5.68. The molecular formula is C15H12BrCl3N2O. The van der Waals surface area contributed by atoms with Crippen LogP contribution in [-0.4, -0.2) is 15.9 Å². The number of carbonyl (C=O) groups excluding carboxylic acids is 1. The summed E-state index contributed by atoms with van der Waals surface area (Å²) in [5.74, 6) is -0.354. The van der Waals surface area contributed by atoms with E-state index in [1.807, 2.05) is 36.4 Å². The van der Waals surface area contributed by atoms with E-state index in [4.69, 9.17) is 34.8 Å². The van der Waals surface area contributed by atoms with E-state index in [1.165, 1.54) is 0 Å². The largest absolute Gasteiger partial charge is 0.362 e. The Bertz CT molecular complexity index is 647. The molecule has 0 aliphatic carbocycles. The molecule has 116 valence electrons. The molecule has 3 nitrogen and oxygen atoms in total. The van der Waals surface area contributed by atoms with Gasteiger partial charge in [0.1, 0.15) is 6.17 Å². The molecule has 2 N–H and O–H groups in total. The van der Waals surface area contributed by atoms with Crippen LogP contribution >= 0.6 is 50.7 Å². The van der Waals surface area contributed by atoms with Crippen LogP contribution < -0.4 is 10.6 Å². The van der Waals surface area contributed by atoms with Gasteiger partial charge in [-0.25, -0.2) is 0 Å². The molecule has 0 aliphatic heterocycles. The zero-order valence-electron chi connectivity index (χ0n) is 11.2. The number of rotatable bonds is 4. The van der Waals surface area contributed by atoms with Crippen LogP contribution in [0.5, 0.6) is 0 Å². The van der Waals surface area contributed by atoms with E-state index in [9.17, 15) is 4.79 Å². The number of nitrogens with one attached hydrogen (secondary N) is 2. The monoisotopic (exact) mass is 420 g/mol. The molecule has 0 aliphatic rings. The number of benzene rings is 2. The Labute approximate surface area is 152 Å². The minimum Gasteiger partial charge on any atom is -0.362 e. The Morgan fingerprint density at radius 3 is 2.18 bits per heavy atom. The molecule has 1 amide bonds. The smallest absolute Gasteiger partial charge is 0.254 e. The second kappa shape index (κ2) is 7.55. The molecule has 1 unspecified atom stereocenters. The normalized spacial score (nSPS) is 12.5. The van der Waals surface area contributed by atoms with E-state index >= 15 is 0 Å². The summed E-state index contributed by atoms with van der Waals surface area (Å²) in [6, 6.07) is 16.2. The van der Waals surface area contributed by atoms with E-state index in [2.05, 4.69) is 26.6 Å². The third-order valence-corrected chi connectivity index (χ3v) is 4.15. The van der Waals surface area contributed by atoms with Crippen LogP contribution in [0.1, 0.15) is 10.4 Å². The van der Waals surface area contributed by atoms with Gasteiger partial charge in [-0.15, -0.1) is 0 Å². The molecule has 7 heteroatoms. The average molecular weight is 423 g/mol. The standard InChI is InChI=1S/C15H12BrCl3N2O/c16-12-9-5-4-8-11(12)13(22)21-14(15(17,18)19)20-10-6-2-1-3-7-10/h1-9,14,20H,(H,21,22). The Morgan fingerprint density at radius 1 is 1.00 bits per heavy atom. The average Bonchev–Trinajstić information content (AvgIpc) is 2.47. The minimum atomic E-state index is -1.72. The molecule has 0 spiro atoms. The van der Waals surface area contributed by atoms with Crippen molar-refractivity contribution in [3.8, 4) is 0 Å². The third-order valence-electron chi connectivity index (χ3n) is 2.81. The van der Waals surface area contributed by atoms with Crippen molar-refractivity contribution < 1.29 is 4.79 Å². The lowest BCUT2D eigenvalue weighted by Crippen LogP contribution is -2.49. The number of para-hydroxylation sites is 1. The third kappa shape index (κ3) is 4.78. The van der Waals surface area contributed by atoms with Gasteiger partial charge in [-0.2, -0.15) is 0 Å². The molecule has 0 radical (unpaired) electrons. The van der Waals surface area contributed by atoms with Crippen LogP contribution in [0, 0.1) is 0 Å². The number of hydrogen-bond donors (Lipinski definition) is 2. The highest BCUT2D eigenvalue weighted by molar-refractivity contribution is 9.10. The summed E-state index contributed by atoms with van der Waals surface area (Å²) in [6.45, 7) is 0. The van der Waals surface area contributed by atoms with E-state index in [1.54, 1.807) is 18.2 Å². The summed E-state index contributed by atoms with van der Waals surface area (Å²) in [6.07, 6.45) is -0.889. The van der Waals surface area contributed by atoms with Gasteiger partial charge in [0.2, 0.25) is 3.79 Å². The van der Waals surface area contributed by atoms with Crippen LogP contribution in [0.25, 0.3) is 0 Å². The maximum absolute atomic E-state index is 12.4. The van der Waals surface area contributed by atoms with E-state index in [0.29, 0.717) is 10.0 Å². The predicted octanol–water partition coefficient (Wildman–Crippen LogP) is 4.99. The van der Waals surface area contributed by atoms with Crippen molar-refractivity contribution in [1.29, 1.82) is 0 Å². The molecule has 22 heavy (non-hydrogen) atoms. The second-order valence-corrected chi connectivity index (χ2v) is 7.66. The fourth-order valence-electron chi connectivity index (χ4n) is 1.75. The molecule has 2 rings (SSSR count). The molecule has 0 saturated heterocycles. The lowest BCUT2D eigenvalue weighted by Gasteiger charge is -2.27. The molecule has 2 aromatic rings. The maximum Gasteiger partial charge on any atom is 0.254 e. The highest BCUT2D eigenvalue weighted by Crippen LogP contribution is 2.31. The van der Waals surface area contributed by atoms with Crippen molar-refractivity contribution in [2.75, 3.05) is 5.32 Å². The highest BCUT2D eigenvalue weighted by Gasteiger charge is 2.34. The predicted molar refractivity (Wildman–Crippen MR) is 95.8 cm³/mol. The van der Waals surface area contributed by atoms with Crippen molar-refractivity contribution in [3.05, 3.63) is 64.6 Å². The van der Waals surface area contributed by atoms with Gasteiger partial charge in [0.15, 0.2) is 0 Å². The van der Waals surface area contributed by atoms with Crippen LogP contribution in [0.2, 0.25) is 0 Å².